The topological polar surface area (TPSA) is 79.3 Å². The average molecular weight is 299 g/mol. The van der Waals surface area contributed by atoms with Gasteiger partial charge in [-0.3, -0.25) is 9.59 Å². The molecule has 1 amide bonds. The zero-order valence-electron chi connectivity index (χ0n) is 11.6. The number of hydrogen-bond acceptors (Lipinski definition) is 3. The number of pyridine rings is 1. The van der Waals surface area contributed by atoms with Gasteiger partial charge in [-0.1, -0.05) is 24.9 Å². The third-order valence-corrected chi connectivity index (χ3v) is 3.27. The molecule has 0 saturated carbocycles. The van der Waals surface area contributed by atoms with Crippen molar-refractivity contribution in [3.05, 3.63) is 29.0 Å². The van der Waals surface area contributed by atoms with E-state index < -0.39 is 5.97 Å². The van der Waals surface area contributed by atoms with Crippen LogP contribution in [0.2, 0.25) is 5.15 Å². The number of aromatic nitrogens is 1. The molecule has 0 saturated heterocycles. The second-order valence-electron chi connectivity index (χ2n) is 4.91. The lowest BCUT2D eigenvalue weighted by molar-refractivity contribution is -0.141. The maximum atomic E-state index is 11.9. The van der Waals surface area contributed by atoms with E-state index in [2.05, 4.69) is 10.3 Å². The van der Waals surface area contributed by atoms with Gasteiger partial charge >= 0.3 is 5.97 Å². The van der Waals surface area contributed by atoms with Crippen LogP contribution in [0.1, 0.15) is 43.5 Å². The van der Waals surface area contributed by atoms with Crippen LogP contribution in [0.3, 0.4) is 0 Å². The summed E-state index contributed by atoms with van der Waals surface area (Å²) in [5.41, 5.74) is 0.468. The van der Waals surface area contributed by atoms with Crippen molar-refractivity contribution >= 4 is 23.5 Å². The molecule has 2 unspecified atom stereocenters. The van der Waals surface area contributed by atoms with E-state index in [1.165, 1.54) is 12.3 Å². The third-order valence-electron chi connectivity index (χ3n) is 3.06. The summed E-state index contributed by atoms with van der Waals surface area (Å²) in [6.07, 6.45) is 3.58. The maximum Gasteiger partial charge on any atom is 0.306 e. The van der Waals surface area contributed by atoms with Crippen molar-refractivity contribution in [2.24, 2.45) is 5.92 Å². The first-order valence-electron chi connectivity index (χ1n) is 6.55. The molecule has 0 bridgehead atoms. The van der Waals surface area contributed by atoms with E-state index in [4.69, 9.17) is 16.7 Å². The molecule has 6 heteroatoms. The lowest BCUT2D eigenvalue weighted by Gasteiger charge is -2.14. The molecule has 110 valence electrons. The highest BCUT2D eigenvalue weighted by Gasteiger charge is 2.13. The van der Waals surface area contributed by atoms with Crippen LogP contribution in [-0.4, -0.2) is 28.0 Å². The summed E-state index contributed by atoms with van der Waals surface area (Å²) in [5, 5.41) is 11.9. The van der Waals surface area contributed by atoms with Crippen molar-refractivity contribution in [2.45, 2.75) is 39.2 Å². The normalized spacial score (nSPS) is 13.6. The lowest BCUT2D eigenvalue weighted by Crippen LogP contribution is -2.32. The molecule has 20 heavy (non-hydrogen) atoms. The summed E-state index contributed by atoms with van der Waals surface area (Å²) in [5.74, 6) is -1.34. The highest BCUT2D eigenvalue weighted by atomic mass is 35.5. The van der Waals surface area contributed by atoms with Gasteiger partial charge in [-0.25, -0.2) is 4.98 Å². The van der Waals surface area contributed by atoms with Crippen LogP contribution >= 0.6 is 11.6 Å². The zero-order chi connectivity index (χ0) is 15.1. The van der Waals surface area contributed by atoms with Gasteiger partial charge in [-0.15, -0.1) is 0 Å². The Bertz CT molecular complexity index is 479. The minimum atomic E-state index is -0.784. The molecular weight excluding hydrogens is 280 g/mol. The Morgan fingerprint density at radius 3 is 2.70 bits per heavy atom. The molecule has 1 rings (SSSR count). The van der Waals surface area contributed by atoms with Gasteiger partial charge in [-0.05, 0) is 31.9 Å². The largest absolute Gasteiger partial charge is 0.481 e. The summed E-state index contributed by atoms with van der Waals surface area (Å²) in [7, 11) is 0. The van der Waals surface area contributed by atoms with Gasteiger partial charge in [-0.2, -0.15) is 0 Å². The van der Waals surface area contributed by atoms with Gasteiger partial charge < -0.3 is 10.4 Å². The Hall–Kier alpha value is -1.62. The number of carboxylic acids is 1. The number of hydrogen-bond donors (Lipinski definition) is 2. The number of amides is 1. The first-order chi connectivity index (χ1) is 9.40. The summed E-state index contributed by atoms with van der Waals surface area (Å²) in [4.78, 5) is 26.4. The van der Waals surface area contributed by atoms with Crippen LogP contribution in [0.4, 0.5) is 0 Å². The van der Waals surface area contributed by atoms with E-state index >= 15 is 0 Å². The molecule has 0 radical (unpaired) electrons. The Labute approximate surface area is 123 Å². The number of carbonyl (C=O) groups is 2. The SMILES string of the molecule is CC(CCCC(C)C(=O)O)NC(=O)c1ccnc(Cl)c1. The van der Waals surface area contributed by atoms with Crippen molar-refractivity contribution < 1.29 is 14.7 Å². The quantitative estimate of drug-likeness (QED) is 0.759. The summed E-state index contributed by atoms with van der Waals surface area (Å²) >= 11 is 5.73. The number of halogens is 1. The number of nitrogens with zero attached hydrogens (tertiary/aromatic N) is 1. The van der Waals surface area contributed by atoms with Gasteiger partial charge in [0.25, 0.3) is 5.91 Å². The number of aliphatic carboxylic acids is 1. The Kier molecular flexibility index (Phi) is 6.45. The van der Waals surface area contributed by atoms with Crippen LogP contribution in [-0.2, 0) is 4.79 Å². The highest BCUT2D eigenvalue weighted by Crippen LogP contribution is 2.11. The molecule has 2 atom stereocenters. The van der Waals surface area contributed by atoms with Crippen molar-refractivity contribution in [1.29, 1.82) is 0 Å². The van der Waals surface area contributed by atoms with Gasteiger partial charge in [0.15, 0.2) is 0 Å². The fourth-order valence-corrected chi connectivity index (χ4v) is 1.95. The summed E-state index contributed by atoms with van der Waals surface area (Å²) in [6, 6.07) is 3.09. The number of carboxylic acid groups (broad SMARTS) is 1. The lowest BCUT2D eigenvalue weighted by atomic mass is 10.0. The van der Waals surface area contributed by atoms with Gasteiger partial charge in [0.05, 0.1) is 5.92 Å². The van der Waals surface area contributed by atoms with Gasteiger partial charge in [0.1, 0.15) is 5.15 Å². The van der Waals surface area contributed by atoms with Crippen molar-refractivity contribution in [3.8, 4) is 0 Å². The van der Waals surface area contributed by atoms with Gasteiger partial charge in [0, 0.05) is 17.8 Å². The smallest absolute Gasteiger partial charge is 0.306 e. The van der Waals surface area contributed by atoms with E-state index in [-0.39, 0.29) is 23.0 Å². The van der Waals surface area contributed by atoms with Gasteiger partial charge in [0.2, 0.25) is 0 Å². The second-order valence-corrected chi connectivity index (χ2v) is 5.30. The maximum absolute atomic E-state index is 11.9. The monoisotopic (exact) mass is 298 g/mol. The van der Waals surface area contributed by atoms with Crippen molar-refractivity contribution in [2.75, 3.05) is 0 Å². The molecule has 1 aromatic heterocycles. The first-order valence-corrected chi connectivity index (χ1v) is 6.93. The molecule has 1 aromatic rings. The van der Waals surface area contributed by atoms with Crippen LogP contribution in [0.25, 0.3) is 0 Å². The van der Waals surface area contributed by atoms with E-state index in [1.807, 2.05) is 6.92 Å². The van der Waals surface area contributed by atoms with Crippen LogP contribution in [0.15, 0.2) is 18.3 Å². The Morgan fingerprint density at radius 2 is 2.10 bits per heavy atom. The molecule has 0 aliphatic carbocycles. The number of nitrogens with one attached hydrogen (secondary N) is 1. The number of rotatable bonds is 7. The van der Waals surface area contributed by atoms with E-state index in [0.717, 1.165) is 12.8 Å². The minimum Gasteiger partial charge on any atom is -0.481 e. The Balaban J connectivity index is 2.37. The standard InChI is InChI=1S/C14H19ClN2O3/c1-9(14(19)20)4-3-5-10(2)17-13(18)11-6-7-16-12(15)8-11/h6-10H,3-5H2,1-2H3,(H,17,18)(H,19,20). The van der Waals surface area contributed by atoms with Crippen molar-refractivity contribution in [3.63, 3.8) is 0 Å². The average Bonchev–Trinajstić information content (AvgIpc) is 2.38. The fraction of sp³-hybridized carbons (Fsp3) is 0.500. The molecule has 1 heterocycles. The summed E-state index contributed by atoms with van der Waals surface area (Å²) < 4.78 is 0. The predicted octanol–water partition coefficient (Wildman–Crippen LogP) is 2.74. The van der Waals surface area contributed by atoms with Crippen LogP contribution in [0.5, 0.6) is 0 Å². The fourth-order valence-electron chi connectivity index (χ4n) is 1.78. The molecule has 5 nitrogen and oxygen atoms in total. The van der Waals surface area contributed by atoms with Crippen LogP contribution in [0, 0.1) is 5.92 Å². The van der Waals surface area contributed by atoms with Crippen molar-refractivity contribution in [1.82, 2.24) is 10.3 Å². The zero-order valence-corrected chi connectivity index (χ0v) is 12.4. The molecule has 0 aliphatic heterocycles. The molecular formula is C14H19ClN2O3. The second kappa shape index (κ2) is 7.85. The highest BCUT2D eigenvalue weighted by molar-refractivity contribution is 6.29. The minimum absolute atomic E-state index is 0.0181. The molecule has 0 fully saturated rings. The summed E-state index contributed by atoms with van der Waals surface area (Å²) in [6.45, 7) is 3.58. The molecule has 0 aliphatic rings. The van der Waals surface area contributed by atoms with E-state index in [0.29, 0.717) is 12.0 Å². The predicted molar refractivity (Wildman–Crippen MR) is 76.8 cm³/mol. The Morgan fingerprint density at radius 1 is 1.40 bits per heavy atom. The molecule has 0 spiro atoms. The van der Waals surface area contributed by atoms with E-state index in [1.54, 1.807) is 13.0 Å². The van der Waals surface area contributed by atoms with E-state index in [9.17, 15) is 9.59 Å². The van der Waals surface area contributed by atoms with Crippen LogP contribution < -0.4 is 5.32 Å². The number of carbonyl (C=O) groups excluding carboxylic acids is 1. The molecule has 0 aromatic carbocycles. The third kappa shape index (κ3) is 5.57. The first kappa shape index (κ1) is 16.4. The molecule has 2 N–H and O–H groups in total.